The lowest BCUT2D eigenvalue weighted by atomic mass is 10.1. The van der Waals surface area contributed by atoms with Gasteiger partial charge in [0.25, 0.3) is 0 Å². The van der Waals surface area contributed by atoms with Crippen LogP contribution in [0.25, 0.3) is 0 Å². The minimum Gasteiger partial charge on any atom is -0.370 e. The van der Waals surface area contributed by atoms with Gasteiger partial charge < -0.3 is 15.8 Å². The first-order valence-corrected chi connectivity index (χ1v) is 6.85. The largest absolute Gasteiger partial charge is 0.411 e. The molecule has 0 heterocycles. The SMILES string of the molecule is CC(C)(C)NC(N)=NCc1ccc(COCC(F)(F)F)cc1. The molecule has 1 aromatic carbocycles. The van der Waals surface area contributed by atoms with Gasteiger partial charge in [-0.3, -0.25) is 0 Å². The van der Waals surface area contributed by atoms with E-state index >= 15 is 0 Å². The Hall–Kier alpha value is -1.76. The summed E-state index contributed by atoms with van der Waals surface area (Å²) in [5.74, 6) is 0.352. The minimum atomic E-state index is -4.30. The van der Waals surface area contributed by atoms with Crippen LogP contribution in [0, 0.1) is 0 Å². The molecule has 0 aromatic heterocycles. The van der Waals surface area contributed by atoms with E-state index in [1.807, 2.05) is 20.8 Å². The lowest BCUT2D eigenvalue weighted by Crippen LogP contribution is -2.44. The number of benzene rings is 1. The van der Waals surface area contributed by atoms with Crippen LogP contribution in [0.2, 0.25) is 0 Å². The van der Waals surface area contributed by atoms with Gasteiger partial charge in [0, 0.05) is 5.54 Å². The number of rotatable bonds is 5. The van der Waals surface area contributed by atoms with E-state index in [1.165, 1.54) is 0 Å². The van der Waals surface area contributed by atoms with Crippen LogP contribution in [0.15, 0.2) is 29.3 Å². The number of halogens is 3. The second kappa shape index (κ2) is 7.49. The van der Waals surface area contributed by atoms with Gasteiger partial charge in [-0.1, -0.05) is 24.3 Å². The number of hydrogen-bond donors (Lipinski definition) is 2. The molecule has 0 bridgehead atoms. The van der Waals surface area contributed by atoms with Gasteiger partial charge in [-0.25, -0.2) is 4.99 Å². The summed E-state index contributed by atoms with van der Waals surface area (Å²) < 4.78 is 40.5. The monoisotopic (exact) mass is 317 g/mol. The molecule has 124 valence electrons. The topological polar surface area (TPSA) is 59.6 Å². The van der Waals surface area contributed by atoms with Crippen molar-refractivity contribution >= 4 is 5.96 Å². The standard InChI is InChI=1S/C15H22F3N3O/c1-14(2,3)21-13(19)20-8-11-4-6-12(7-5-11)9-22-10-15(16,17)18/h4-7H,8-10H2,1-3H3,(H3,19,20,21). The molecular formula is C15H22F3N3O. The second-order valence-electron chi connectivity index (χ2n) is 6.00. The molecule has 22 heavy (non-hydrogen) atoms. The highest BCUT2D eigenvalue weighted by Crippen LogP contribution is 2.16. The first-order valence-electron chi connectivity index (χ1n) is 6.85. The molecule has 0 fully saturated rings. The van der Waals surface area contributed by atoms with Crippen LogP contribution < -0.4 is 11.1 Å². The zero-order valence-corrected chi connectivity index (χ0v) is 13.0. The Balaban J connectivity index is 2.46. The van der Waals surface area contributed by atoms with Crippen LogP contribution in [0.4, 0.5) is 13.2 Å². The van der Waals surface area contributed by atoms with E-state index in [1.54, 1.807) is 24.3 Å². The molecule has 0 spiro atoms. The molecular weight excluding hydrogens is 295 g/mol. The van der Waals surface area contributed by atoms with E-state index in [0.29, 0.717) is 18.1 Å². The lowest BCUT2D eigenvalue weighted by Gasteiger charge is -2.20. The summed E-state index contributed by atoms with van der Waals surface area (Å²) in [7, 11) is 0. The molecule has 0 atom stereocenters. The number of alkyl halides is 3. The number of guanidine groups is 1. The van der Waals surface area contributed by atoms with Crippen molar-refractivity contribution in [1.82, 2.24) is 5.32 Å². The Morgan fingerprint density at radius 2 is 1.68 bits per heavy atom. The number of nitrogens with zero attached hydrogens (tertiary/aromatic N) is 1. The summed E-state index contributed by atoms with van der Waals surface area (Å²) in [6.07, 6.45) is -4.30. The molecule has 0 amide bonds. The first-order chi connectivity index (χ1) is 10.1. The zero-order chi connectivity index (χ0) is 16.8. The highest BCUT2D eigenvalue weighted by atomic mass is 19.4. The number of aliphatic imine (C=N–C) groups is 1. The fourth-order valence-electron chi connectivity index (χ4n) is 1.63. The molecule has 0 saturated heterocycles. The highest BCUT2D eigenvalue weighted by molar-refractivity contribution is 5.78. The van der Waals surface area contributed by atoms with E-state index in [9.17, 15) is 13.2 Å². The van der Waals surface area contributed by atoms with Crippen molar-refractivity contribution in [2.75, 3.05) is 6.61 Å². The zero-order valence-electron chi connectivity index (χ0n) is 13.0. The number of nitrogens with one attached hydrogen (secondary N) is 1. The van der Waals surface area contributed by atoms with Crippen molar-refractivity contribution in [2.24, 2.45) is 10.7 Å². The minimum absolute atomic E-state index is 0.0726. The third-order valence-corrected chi connectivity index (χ3v) is 2.49. The molecule has 0 unspecified atom stereocenters. The Kier molecular flexibility index (Phi) is 6.22. The van der Waals surface area contributed by atoms with Crippen LogP contribution in [-0.4, -0.2) is 24.3 Å². The van der Waals surface area contributed by atoms with Crippen molar-refractivity contribution in [3.05, 3.63) is 35.4 Å². The van der Waals surface area contributed by atoms with E-state index in [-0.39, 0.29) is 12.1 Å². The third kappa shape index (κ3) is 8.51. The van der Waals surface area contributed by atoms with Gasteiger partial charge in [0.15, 0.2) is 5.96 Å². The summed E-state index contributed by atoms with van der Waals surface area (Å²) in [5.41, 5.74) is 7.19. The van der Waals surface area contributed by atoms with E-state index in [2.05, 4.69) is 15.0 Å². The molecule has 0 aliphatic rings. The predicted molar refractivity (Wildman–Crippen MR) is 80.4 cm³/mol. The molecule has 4 nitrogen and oxygen atoms in total. The molecule has 1 rings (SSSR count). The van der Waals surface area contributed by atoms with Gasteiger partial charge in [0.1, 0.15) is 6.61 Å². The van der Waals surface area contributed by atoms with Gasteiger partial charge in [0.05, 0.1) is 13.2 Å². The molecule has 0 saturated carbocycles. The van der Waals surface area contributed by atoms with Gasteiger partial charge in [-0.15, -0.1) is 0 Å². The Bertz CT molecular complexity index is 490. The van der Waals surface area contributed by atoms with Gasteiger partial charge in [0.2, 0.25) is 0 Å². The molecule has 0 radical (unpaired) electrons. The van der Waals surface area contributed by atoms with Crippen LogP contribution in [0.3, 0.4) is 0 Å². The average Bonchev–Trinajstić information content (AvgIpc) is 2.34. The molecule has 0 aliphatic heterocycles. The summed E-state index contributed by atoms with van der Waals surface area (Å²) in [6, 6.07) is 7.02. The average molecular weight is 317 g/mol. The summed E-state index contributed by atoms with van der Waals surface area (Å²) in [5, 5.41) is 3.04. The molecule has 3 N–H and O–H groups in total. The molecule has 1 aromatic rings. The quantitative estimate of drug-likeness (QED) is 0.648. The van der Waals surface area contributed by atoms with Crippen molar-refractivity contribution in [3.63, 3.8) is 0 Å². The third-order valence-electron chi connectivity index (χ3n) is 2.49. The Morgan fingerprint density at radius 1 is 1.14 bits per heavy atom. The smallest absolute Gasteiger partial charge is 0.370 e. The van der Waals surface area contributed by atoms with Crippen LogP contribution in [0.5, 0.6) is 0 Å². The van der Waals surface area contributed by atoms with E-state index < -0.39 is 12.8 Å². The summed E-state index contributed by atoms with van der Waals surface area (Å²) in [4.78, 5) is 4.21. The van der Waals surface area contributed by atoms with Crippen molar-refractivity contribution in [1.29, 1.82) is 0 Å². The van der Waals surface area contributed by atoms with E-state index in [4.69, 9.17) is 5.73 Å². The van der Waals surface area contributed by atoms with Crippen LogP contribution in [-0.2, 0) is 17.9 Å². The fraction of sp³-hybridized carbons (Fsp3) is 0.533. The maximum atomic E-state index is 12.0. The number of ether oxygens (including phenoxy) is 1. The Morgan fingerprint density at radius 3 is 2.18 bits per heavy atom. The van der Waals surface area contributed by atoms with Crippen molar-refractivity contribution in [3.8, 4) is 0 Å². The summed E-state index contributed by atoms with van der Waals surface area (Å²) >= 11 is 0. The second-order valence-corrected chi connectivity index (χ2v) is 6.00. The maximum absolute atomic E-state index is 12.0. The lowest BCUT2D eigenvalue weighted by molar-refractivity contribution is -0.176. The normalized spacial score (nSPS) is 13.3. The first kappa shape index (κ1) is 18.3. The molecule has 0 aliphatic carbocycles. The van der Waals surface area contributed by atoms with Crippen LogP contribution >= 0.6 is 0 Å². The van der Waals surface area contributed by atoms with Gasteiger partial charge in [-0.2, -0.15) is 13.2 Å². The molecule has 7 heteroatoms. The van der Waals surface area contributed by atoms with Crippen molar-refractivity contribution < 1.29 is 17.9 Å². The predicted octanol–water partition coefficient (Wildman–Crippen LogP) is 2.97. The highest BCUT2D eigenvalue weighted by Gasteiger charge is 2.27. The summed E-state index contributed by atoms with van der Waals surface area (Å²) in [6.45, 7) is 5.02. The fourth-order valence-corrected chi connectivity index (χ4v) is 1.63. The van der Waals surface area contributed by atoms with E-state index in [0.717, 1.165) is 5.56 Å². The maximum Gasteiger partial charge on any atom is 0.411 e. The number of nitrogens with two attached hydrogens (primary N) is 1. The van der Waals surface area contributed by atoms with Crippen molar-refractivity contribution in [2.45, 2.75) is 45.6 Å². The van der Waals surface area contributed by atoms with Gasteiger partial charge in [-0.05, 0) is 31.9 Å². The number of hydrogen-bond acceptors (Lipinski definition) is 2. The van der Waals surface area contributed by atoms with Crippen LogP contribution in [0.1, 0.15) is 31.9 Å². The van der Waals surface area contributed by atoms with Gasteiger partial charge >= 0.3 is 6.18 Å². The Labute approximate surface area is 128 Å².